The SMILES string of the molecule is Cc1cccc(N2CCC[C@H](N(C)CC3(O)CCOCC3)C2)n1. The normalized spacial score (nSPS) is 24.9. The molecule has 0 radical (unpaired) electrons. The third kappa shape index (κ3) is 4.22. The van der Waals surface area contributed by atoms with E-state index in [9.17, 15) is 5.11 Å². The smallest absolute Gasteiger partial charge is 0.128 e. The van der Waals surface area contributed by atoms with E-state index < -0.39 is 5.60 Å². The third-order valence-electron chi connectivity index (χ3n) is 5.18. The van der Waals surface area contributed by atoms with Gasteiger partial charge < -0.3 is 14.7 Å². The molecule has 1 atom stereocenters. The Morgan fingerprint density at radius 1 is 1.39 bits per heavy atom. The number of ether oxygens (including phenoxy) is 1. The molecule has 5 nitrogen and oxygen atoms in total. The largest absolute Gasteiger partial charge is 0.388 e. The molecule has 1 aromatic heterocycles. The number of rotatable bonds is 4. The number of nitrogens with zero attached hydrogens (tertiary/aromatic N) is 3. The minimum Gasteiger partial charge on any atom is -0.388 e. The molecule has 3 rings (SSSR count). The summed E-state index contributed by atoms with van der Waals surface area (Å²) in [5.74, 6) is 1.08. The lowest BCUT2D eigenvalue weighted by Gasteiger charge is -2.42. The molecule has 1 aromatic rings. The maximum atomic E-state index is 10.7. The van der Waals surface area contributed by atoms with Crippen molar-refractivity contribution in [2.75, 3.05) is 44.8 Å². The zero-order valence-electron chi connectivity index (χ0n) is 14.4. The van der Waals surface area contributed by atoms with E-state index >= 15 is 0 Å². The molecule has 0 saturated carbocycles. The lowest BCUT2D eigenvalue weighted by molar-refractivity contribution is -0.0818. The highest BCUT2D eigenvalue weighted by atomic mass is 16.5. The number of piperidine rings is 1. The molecule has 2 fully saturated rings. The minimum atomic E-state index is -0.586. The molecule has 1 N–H and O–H groups in total. The standard InChI is InChI=1S/C18H29N3O2/c1-15-5-3-7-17(19-15)21-10-4-6-16(13-21)20(2)14-18(22)8-11-23-12-9-18/h3,5,7,16,22H,4,6,8-14H2,1-2H3/t16-/m0/s1. The van der Waals surface area contributed by atoms with Gasteiger partial charge in [0.2, 0.25) is 0 Å². The summed E-state index contributed by atoms with van der Waals surface area (Å²) in [7, 11) is 2.14. The molecular weight excluding hydrogens is 290 g/mol. The monoisotopic (exact) mass is 319 g/mol. The van der Waals surface area contributed by atoms with Crippen LogP contribution in [0.15, 0.2) is 18.2 Å². The van der Waals surface area contributed by atoms with Gasteiger partial charge in [-0.3, -0.25) is 4.90 Å². The van der Waals surface area contributed by atoms with Crippen LogP contribution in [0.5, 0.6) is 0 Å². The Hall–Kier alpha value is -1.17. The zero-order chi connectivity index (χ0) is 16.3. The molecule has 0 amide bonds. The quantitative estimate of drug-likeness (QED) is 0.917. The topological polar surface area (TPSA) is 48.8 Å². The van der Waals surface area contributed by atoms with Crippen LogP contribution in [0.4, 0.5) is 5.82 Å². The van der Waals surface area contributed by atoms with E-state index in [1.54, 1.807) is 0 Å². The molecule has 2 aliphatic rings. The third-order valence-corrected chi connectivity index (χ3v) is 5.18. The Balaban J connectivity index is 1.61. The fourth-order valence-electron chi connectivity index (χ4n) is 3.73. The van der Waals surface area contributed by atoms with Crippen LogP contribution < -0.4 is 4.90 Å². The van der Waals surface area contributed by atoms with Crippen molar-refractivity contribution in [2.45, 2.75) is 44.2 Å². The number of hydrogen-bond donors (Lipinski definition) is 1. The molecule has 0 bridgehead atoms. The number of hydrogen-bond acceptors (Lipinski definition) is 5. The van der Waals surface area contributed by atoms with Crippen LogP contribution in [0.2, 0.25) is 0 Å². The van der Waals surface area contributed by atoms with Gasteiger partial charge in [-0.25, -0.2) is 4.98 Å². The van der Waals surface area contributed by atoms with Crippen LogP contribution in [0.25, 0.3) is 0 Å². The number of aryl methyl sites for hydroxylation is 1. The predicted octanol–water partition coefficient (Wildman–Crippen LogP) is 1.83. The van der Waals surface area contributed by atoms with E-state index in [0.29, 0.717) is 19.3 Å². The second-order valence-corrected chi connectivity index (χ2v) is 7.13. The highest BCUT2D eigenvalue weighted by Crippen LogP contribution is 2.25. The molecule has 2 aliphatic heterocycles. The summed E-state index contributed by atoms with van der Waals surface area (Å²) in [5.41, 5.74) is 0.478. The van der Waals surface area contributed by atoms with Crippen LogP contribution in [-0.2, 0) is 4.74 Å². The van der Waals surface area contributed by atoms with Crippen LogP contribution in [0.1, 0.15) is 31.4 Å². The first-order valence-electron chi connectivity index (χ1n) is 8.75. The Labute approximate surface area is 139 Å². The highest BCUT2D eigenvalue weighted by Gasteiger charge is 2.34. The van der Waals surface area contributed by atoms with Crippen molar-refractivity contribution in [2.24, 2.45) is 0 Å². The van der Waals surface area contributed by atoms with Crippen molar-refractivity contribution >= 4 is 5.82 Å². The second-order valence-electron chi connectivity index (χ2n) is 7.13. The number of aliphatic hydroxyl groups is 1. The lowest BCUT2D eigenvalue weighted by atomic mass is 9.92. The van der Waals surface area contributed by atoms with Crippen molar-refractivity contribution < 1.29 is 9.84 Å². The molecule has 128 valence electrons. The molecule has 5 heteroatoms. The highest BCUT2D eigenvalue weighted by molar-refractivity contribution is 5.40. The minimum absolute atomic E-state index is 0.470. The van der Waals surface area contributed by atoms with Crippen LogP contribution in [0, 0.1) is 6.92 Å². The van der Waals surface area contributed by atoms with Crippen molar-refractivity contribution in [3.8, 4) is 0 Å². The number of likely N-dealkylation sites (N-methyl/N-ethyl adjacent to an activating group) is 1. The van der Waals surface area contributed by atoms with Gasteiger partial charge in [-0.15, -0.1) is 0 Å². The van der Waals surface area contributed by atoms with E-state index in [1.807, 2.05) is 13.0 Å². The molecule has 0 aromatic carbocycles. The van der Waals surface area contributed by atoms with Gasteiger partial charge in [-0.05, 0) is 38.9 Å². The molecule has 0 spiro atoms. The van der Waals surface area contributed by atoms with Gasteiger partial charge in [-0.2, -0.15) is 0 Å². The first-order chi connectivity index (χ1) is 11.1. The number of anilines is 1. The average Bonchev–Trinajstić information content (AvgIpc) is 2.55. The van der Waals surface area contributed by atoms with E-state index in [4.69, 9.17) is 4.74 Å². The van der Waals surface area contributed by atoms with Crippen molar-refractivity contribution in [1.82, 2.24) is 9.88 Å². The zero-order valence-corrected chi connectivity index (χ0v) is 14.4. The first kappa shape index (κ1) is 16.7. The van der Waals surface area contributed by atoms with Gasteiger partial charge in [0, 0.05) is 57.4 Å². The second kappa shape index (κ2) is 7.16. The fourth-order valence-corrected chi connectivity index (χ4v) is 3.73. The summed E-state index contributed by atoms with van der Waals surface area (Å²) in [6.45, 7) is 6.18. The van der Waals surface area contributed by atoms with Crippen molar-refractivity contribution in [3.05, 3.63) is 23.9 Å². The fraction of sp³-hybridized carbons (Fsp3) is 0.722. The van der Waals surface area contributed by atoms with Gasteiger partial charge in [-0.1, -0.05) is 6.07 Å². The average molecular weight is 319 g/mol. The first-order valence-corrected chi connectivity index (χ1v) is 8.75. The number of aromatic nitrogens is 1. The summed E-state index contributed by atoms with van der Waals surface area (Å²) in [5, 5.41) is 10.7. The van der Waals surface area contributed by atoms with Crippen molar-refractivity contribution in [1.29, 1.82) is 0 Å². The van der Waals surface area contributed by atoms with Gasteiger partial charge in [0.1, 0.15) is 5.82 Å². The van der Waals surface area contributed by atoms with Crippen molar-refractivity contribution in [3.63, 3.8) is 0 Å². The Bertz CT molecular complexity index is 517. The van der Waals surface area contributed by atoms with E-state index in [2.05, 4.69) is 34.0 Å². The van der Waals surface area contributed by atoms with E-state index in [1.165, 1.54) is 12.8 Å². The van der Waals surface area contributed by atoms with Crippen LogP contribution in [0.3, 0.4) is 0 Å². The molecule has 23 heavy (non-hydrogen) atoms. The maximum absolute atomic E-state index is 10.7. The van der Waals surface area contributed by atoms with Gasteiger partial charge in [0.25, 0.3) is 0 Å². The van der Waals surface area contributed by atoms with Gasteiger partial charge in [0.05, 0.1) is 5.60 Å². The predicted molar refractivity (Wildman–Crippen MR) is 91.8 cm³/mol. The lowest BCUT2D eigenvalue weighted by Crippen LogP contribution is -2.53. The summed E-state index contributed by atoms with van der Waals surface area (Å²) in [6, 6.07) is 6.69. The Morgan fingerprint density at radius 3 is 2.91 bits per heavy atom. The molecule has 0 aliphatic carbocycles. The molecule has 0 unspecified atom stereocenters. The Morgan fingerprint density at radius 2 is 2.17 bits per heavy atom. The van der Waals surface area contributed by atoms with E-state index in [0.717, 1.165) is 44.0 Å². The summed E-state index contributed by atoms with van der Waals surface area (Å²) >= 11 is 0. The van der Waals surface area contributed by atoms with Gasteiger partial charge >= 0.3 is 0 Å². The summed E-state index contributed by atoms with van der Waals surface area (Å²) in [4.78, 5) is 9.38. The van der Waals surface area contributed by atoms with Crippen LogP contribution >= 0.6 is 0 Å². The molecular formula is C18H29N3O2. The van der Waals surface area contributed by atoms with Gasteiger partial charge in [0.15, 0.2) is 0 Å². The number of pyridine rings is 1. The summed E-state index contributed by atoms with van der Waals surface area (Å²) < 4.78 is 5.38. The molecule has 2 saturated heterocycles. The maximum Gasteiger partial charge on any atom is 0.128 e. The van der Waals surface area contributed by atoms with Crippen LogP contribution in [-0.4, -0.2) is 66.5 Å². The molecule has 3 heterocycles. The Kier molecular flexibility index (Phi) is 5.19. The summed E-state index contributed by atoms with van der Waals surface area (Å²) in [6.07, 6.45) is 3.85. The van der Waals surface area contributed by atoms with E-state index in [-0.39, 0.29) is 0 Å².